The Morgan fingerprint density at radius 2 is 1.70 bits per heavy atom. The summed E-state index contributed by atoms with van der Waals surface area (Å²) in [4.78, 5) is 13.7. The number of ether oxygens (including phenoxy) is 1. The van der Waals surface area contributed by atoms with E-state index < -0.39 is 22.5 Å². The lowest BCUT2D eigenvalue weighted by molar-refractivity contribution is -0.0498. The van der Waals surface area contributed by atoms with Gasteiger partial charge >= 0.3 is 6.61 Å². The molecule has 30 heavy (non-hydrogen) atoms. The third-order valence-electron chi connectivity index (χ3n) is 4.76. The number of halogens is 2. The summed E-state index contributed by atoms with van der Waals surface area (Å²) in [5.41, 5.74) is 2.68. The topological polar surface area (TPSA) is 99.2 Å². The van der Waals surface area contributed by atoms with Gasteiger partial charge in [-0.15, -0.1) is 0 Å². The summed E-state index contributed by atoms with van der Waals surface area (Å²) in [6, 6.07) is 12.3. The van der Waals surface area contributed by atoms with Crippen molar-refractivity contribution < 1.29 is 31.9 Å². The Morgan fingerprint density at radius 1 is 1.07 bits per heavy atom. The van der Waals surface area contributed by atoms with E-state index in [0.29, 0.717) is 18.7 Å². The van der Waals surface area contributed by atoms with Crippen molar-refractivity contribution in [3.63, 3.8) is 0 Å². The number of hydrogen-bond acceptors (Lipinski definition) is 6. The number of rotatable bonds is 7. The Morgan fingerprint density at radius 3 is 2.30 bits per heavy atom. The summed E-state index contributed by atoms with van der Waals surface area (Å²) < 4.78 is 55.8. The van der Waals surface area contributed by atoms with Crippen molar-refractivity contribution in [2.24, 2.45) is 0 Å². The Hall–Kier alpha value is -2.76. The van der Waals surface area contributed by atoms with Gasteiger partial charge in [-0.05, 0) is 35.9 Å². The number of carbonyl (C=O) groups excluding carboxylic acids is 1. The lowest BCUT2D eigenvalue weighted by Gasteiger charge is -2.35. The summed E-state index contributed by atoms with van der Waals surface area (Å²) >= 11 is 0. The first-order valence-corrected chi connectivity index (χ1v) is 10.7. The number of sulfonamides is 1. The lowest BCUT2D eigenvalue weighted by Crippen LogP contribution is -2.49. The zero-order chi connectivity index (χ0) is 21.7. The van der Waals surface area contributed by atoms with E-state index in [1.807, 2.05) is 4.90 Å². The number of nitrogens with zero attached hydrogens (tertiary/aromatic N) is 2. The highest BCUT2D eigenvalue weighted by Gasteiger charge is 2.28. The van der Waals surface area contributed by atoms with Crippen LogP contribution in [0.5, 0.6) is 5.75 Å². The zero-order valence-corrected chi connectivity index (χ0v) is 16.7. The molecular formula is C19H21F2N3O5S. The summed E-state index contributed by atoms with van der Waals surface area (Å²) in [6.07, 6.45) is 0. The Bertz CT molecular complexity index is 978. The Labute approximate surface area is 172 Å². The molecule has 0 atom stereocenters. The van der Waals surface area contributed by atoms with E-state index in [0.717, 1.165) is 5.69 Å². The van der Waals surface area contributed by atoms with Gasteiger partial charge in [-0.2, -0.15) is 13.1 Å². The first kappa shape index (κ1) is 21.9. The second kappa shape index (κ2) is 9.37. The van der Waals surface area contributed by atoms with Crippen LogP contribution in [0.2, 0.25) is 0 Å². The average Bonchev–Trinajstić information content (AvgIpc) is 2.73. The molecule has 11 heteroatoms. The molecule has 1 heterocycles. The lowest BCUT2D eigenvalue weighted by atomic mass is 10.1. The highest BCUT2D eigenvalue weighted by molar-refractivity contribution is 7.88. The highest BCUT2D eigenvalue weighted by Crippen LogP contribution is 2.23. The van der Waals surface area contributed by atoms with Crippen LogP contribution in [0, 0.1) is 0 Å². The van der Waals surface area contributed by atoms with Gasteiger partial charge in [0.25, 0.3) is 5.91 Å². The minimum absolute atomic E-state index is 0.0561. The monoisotopic (exact) mass is 441 g/mol. The second-order valence-corrected chi connectivity index (χ2v) is 8.58. The molecule has 162 valence electrons. The molecule has 3 rings (SSSR count). The molecule has 0 spiro atoms. The highest BCUT2D eigenvalue weighted by atomic mass is 32.2. The fourth-order valence-corrected chi connectivity index (χ4v) is 4.83. The van der Waals surface area contributed by atoms with Gasteiger partial charge in [-0.3, -0.25) is 10.0 Å². The van der Waals surface area contributed by atoms with Crippen molar-refractivity contribution in [3.05, 3.63) is 59.7 Å². The van der Waals surface area contributed by atoms with E-state index in [1.165, 1.54) is 34.1 Å². The van der Waals surface area contributed by atoms with Gasteiger partial charge in [-0.25, -0.2) is 13.9 Å². The number of amides is 1. The number of benzene rings is 2. The molecular weight excluding hydrogens is 420 g/mol. The van der Waals surface area contributed by atoms with Crippen LogP contribution >= 0.6 is 0 Å². The van der Waals surface area contributed by atoms with Crippen molar-refractivity contribution in [1.82, 2.24) is 9.79 Å². The molecule has 2 aromatic rings. The van der Waals surface area contributed by atoms with Crippen LogP contribution in [0.15, 0.2) is 48.5 Å². The summed E-state index contributed by atoms with van der Waals surface area (Å²) in [5, 5.41) is 8.85. The molecule has 1 saturated heterocycles. The third-order valence-corrected chi connectivity index (χ3v) is 6.59. The maximum Gasteiger partial charge on any atom is 0.387 e. The molecule has 0 bridgehead atoms. The van der Waals surface area contributed by atoms with Gasteiger partial charge in [0, 0.05) is 37.4 Å². The molecule has 2 N–H and O–H groups in total. The number of anilines is 1. The van der Waals surface area contributed by atoms with Crippen molar-refractivity contribution in [2.45, 2.75) is 12.4 Å². The van der Waals surface area contributed by atoms with Crippen LogP contribution in [0.3, 0.4) is 0 Å². The van der Waals surface area contributed by atoms with Crippen LogP contribution in [0.1, 0.15) is 15.9 Å². The van der Waals surface area contributed by atoms with Crippen LogP contribution in [0.25, 0.3) is 0 Å². The maximum atomic E-state index is 12.8. The molecule has 1 fully saturated rings. The molecule has 1 aliphatic heterocycles. The first-order valence-electron chi connectivity index (χ1n) is 9.10. The number of alkyl halides is 2. The molecule has 0 saturated carbocycles. The number of hydrogen-bond donors (Lipinski definition) is 2. The molecule has 1 amide bonds. The van der Waals surface area contributed by atoms with E-state index in [1.54, 1.807) is 24.3 Å². The van der Waals surface area contributed by atoms with Crippen LogP contribution < -0.4 is 15.1 Å². The smallest absolute Gasteiger partial charge is 0.387 e. The summed E-state index contributed by atoms with van der Waals surface area (Å²) in [6.45, 7) is -1.56. The molecule has 8 nitrogen and oxygen atoms in total. The molecule has 0 aliphatic carbocycles. The van der Waals surface area contributed by atoms with Gasteiger partial charge in [-0.1, -0.05) is 18.2 Å². The fourth-order valence-electron chi connectivity index (χ4n) is 3.28. The number of piperazine rings is 1. The van der Waals surface area contributed by atoms with Gasteiger partial charge in [0.05, 0.1) is 5.75 Å². The van der Waals surface area contributed by atoms with Gasteiger partial charge < -0.3 is 9.64 Å². The van der Waals surface area contributed by atoms with E-state index in [-0.39, 0.29) is 30.2 Å². The Kier molecular flexibility index (Phi) is 6.85. The summed E-state index contributed by atoms with van der Waals surface area (Å²) in [7, 11) is -3.68. The standard InChI is InChI=1S/C19H21F2N3O5S/c20-19(21)29-16-7-5-15(6-8-16)23-9-11-24(12-10-23)30(27,28)13-14-3-1-2-4-17(14)18(25)22-26/h1-8,19,26H,9-13H2,(H,22,25). The van der Waals surface area contributed by atoms with Gasteiger partial charge in [0.2, 0.25) is 10.0 Å². The number of hydroxylamine groups is 1. The molecule has 2 aromatic carbocycles. The SMILES string of the molecule is O=C(NO)c1ccccc1CS(=O)(=O)N1CCN(c2ccc(OC(F)F)cc2)CC1. The largest absolute Gasteiger partial charge is 0.435 e. The first-order chi connectivity index (χ1) is 14.3. The quantitative estimate of drug-likeness (QED) is 0.504. The van der Waals surface area contributed by atoms with Crippen molar-refractivity contribution in [3.8, 4) is 5.75 Å². The van der Waals surface area contributed by atoms with Crippen molar-refractivity contribution in [1.29, 1.82) is 0 Å². The predicted molar refractivity (Wildman–Crippen MR) is 105 cm³/mol. The van der Waals surface area contributed by atoms with E-state index in [2.05, 4.69) is 4.74 Å². The van der Waals surface area contributed by atoms with E-state index in [4.69, 9.17) is 5.21 Å². The molecule has 0 unspecified atom stereocenters. The van der Waals surface area contributed by atoms with Crippen LogP contribution in [-0.2, 0) is 15.8 Å². The predicted octanol–water partition coefficient (Wildman–Crippen LogP) is 2.06. The number of nitrogens with one attached hydrogen (secondary N) is 1. The molecule has 1 aliphatic rings. The summed E-state index contributed by atoms with van der Waals surface area (Å²) in [5.74, 6) is -1.08. The minimum Gasteiger partial charge on any atom is -0.435 e. The van der Waals surface area contributed by atoms with Crippen molar-refractivity contribution in [2.75, 3.05) is 31.1 Å². The van der Waals surface area contributed by atoms with Crippen LogP contribution in [0.4, 0.5) is 14.5 Å². The van der Waals surface area contributed by atoms with Gasteiger partial charge in [0.15, 0.2) is 0 Å². The normalized spacial score (nSPS) is 15.3. The Balaban J connectivity index is 1.64. The third kappa shape index (κ3) is 5.23. The van der Waals surface area contributed by atoms with E-state index >= 15 is 0 Å². The average molecular weight is 441 g/mol. The minimum atomic E-state index is -3.68. The molecule has 0 aromatic heterocycles. The maximum absolute atomic E-state index is 12.8. The molecule has 0 radical (unpaired) electrons. The zero-order valence-electron chi connectivity index (χ0n) is 15.9. The fraction of sp³-hybridized carbons (Fsp3) is 0.316. The van der Waals surface area contributed by atoms with E-state index in [9.17, 15) is 22.0 Å². The van der Waals surface area contributed by atoms with Gasteiger partial charge in [0.1, 0.15) is 5.75 Å². The van der Waals surface area contributed by atoms with Crippen molar-refractivity contribution >= 4 is 21.6 Å². The second-order valence-electron chi connectivity index (χ2n) is 6.61. The number of carbonyl (C=O) groups is 1. The van der Waals surface area contributed by atoms with Crippen LogP contribution in [-0.4, -0.2) is 56.6 Å².